The number of rotatable bonds is 1. The number of hydrogen-bond donors (Lipinski definition) is 0. The van der Waals surface area contributed by atoms with Crippen molar-refractivity contribution in [3.05, 3.63) is 77.2 Å². The molecule has 1 atom stereocenters. The molecule has 2 nitrogen and oxygen atoms in total. The van der Waals surface area contributed by atoms with Crippen molar-refractivity contribution in [2.24, 2.45) is 0 Å². The highest BCUT2D eigenvalue weighted by atomic mass is 16.7. The average Bonchev–Trinajstić information content (AvgIpc) is 2.82. The topological polar surface area (TPSA) is 18.5 Å². The fourth-order valence-electron chi connectivity index (χ4n) is 3.05. The number of ether oxygens (including phenoxy) is 2. The molecule has 2 aromatic carbocycles. The lowest BCUT2D eigenvalue weighted by Gasteiger charge is -2.25. The fourth-order valence-corrected chi connectivity index (χ4v) is 3.05. The quantitative estimate of drug-likeness (QED) is 0.769. The molecule has 0 saturated carbocycles. The second-order valence-corrected chi connectivity index (χ2v) is 5.65. The standard InChI is InChI=1S/C18H16O2/c1-18(15-8-3-2-4-9-15)12-14-11-13-7-5-6-10-16(13)19-17(14)20-18/h2-10H,11-12H2,1H3. The van der Waals surface area contributed by atoms with Crippen LogP contribution in [0.1, 0.15) is 24.5 Å². The molecule has 0 aliphatic carbocycles. The highest BCUT2D eigenvalue weighted by molar-refractivity contribution is 5.43. The predicted octanol–water partition coefficient (Wildman–Crippen LogP) is 4.17. The van der Waals surface area contributed by atoms with Crippen LogP contribution < -0.4 is 4.74 Å². The summed E-state index contributed by atoms with van der Waals surface area (Å²) in [6.45, 7) is 2.13. The van der Waals surface area contributed by atoms with E-state index in [2.05, 4.69) is 43.3 Å². The summed E-state index contributed by atoms with van der Waals surface area (Å²) in [7, 11) is 0. The number of benzene rings is 2. The van der Waals surface area contributed by atoms with E-state index in [0.717, 1.165) is 18.6 Å². The predicted molar refractivity (Wildman–Crippen MR) is 77.3 cm³/mol. The van der Waals surface area contributed by atoms with E-state index in [1.165, 1.54) is 16.7 Å². The normalized spacial score (nSPS) is 23.6. The van der Waals surface area contributed by atoms with Gasteiger partial charge in [-0.1, -0.05) is 48.5 Å². The van der Waals surface area contributed by atoms with Gasteiger partial charge in [-0.25, -0.2) is 0 Å². The van der Waals surface area contributed by atoms with Gasteiger partial charge in [-0.2, -0.15) is 0 Å². The minimum absolute atomic E-state index is 0.312. The van der Waals surface area contributed by atoms with Gasteiger partial charge in [0.15, 0.2) is 0 Å². The zero-order valence-electron chi connectivity index (χ0n) is 11.4. The lowest BCUT2D eigenvalue weighted by atomic mass is 9.88. The van der Waals surface area contributed by atoms with Crippen LogP contribution in [0.25, 0.3) is 0 Å². The molecule has 2 heterocycles. The molecule has 4 rings (SSSR count). The molecular weight excluding hydrogens is 248 g/mol. The molecule has 2 aliphatic rings. The van der Waals surface area contributed by atoms with E-state index in [1.54, 1.807) is 0 Å². The molecule has 20 heavy (non-hydrogen) atoms. The smallest absolute Gasteiger partial charge is 0.285 e. The molecule has 0 amide bonds. The third-order valence-electron chi connectivity index (χ3n) is 4.12. The Bertz CT molecular complexity index is 649. The Kier molecular flexibility index (Phi) is 2.40. The second-order valence-electron chi connectivity index (χ2n) is 5.65. The average molecular weight is 264 g/mol. The maximum atomic E-state index is 6.15. The summed E-state index contributed by atoms with van der Waals surface area (Å²) in [5, 5.41) is 0. The monoisotopic (exact) mass is 264 g/mol. The summed E-state index contributed by atoms with van der Waals surface area (Å²) in [5.41, 5.74) is 3.39. The molecule has 0 saturated heterocycles. The highest BCUT2D eigenvalue weighted by Gasteiger charge is 2.41. The molecule has 0 fully saturated rings. The maximum absolute atomic E-state index is 6.15. The Labute approximate surface area is 118 Å². The highest BCUT2D eigenvalue weighted by Crippen LogP contribution is 2.46. The van der Waals surface area contributed by atoms with Crippen molar-refractivity contribution in [2.45, 2.75) is 25.4 Å². The van der Waals surface area contributed by atoms with Crippen LogP contribution in [-0.4, -0.2) is 0 Å². The largest absolute Gasteiger partial charge is 0.454 e. The van der Waals surface area contributed by atoms with Crippen molar-refractivity contribution in [2.75, 3.05) is 0 Å². The van der Waals surface area contributed by atoms with Crippen LogP contribution in [0.4, 0.5) is 0 Å². The first-order valence-electron chi connectivity index (χ1n) is 6.97. The molecule has 0 spiro atoms. The van der Waals surface area contributed by atoms with Crippen LogP contribution in [0.3, 0.4) is 0 Å². The fraction of sp³-hybridized carbons (Fsp3) is 0.222. The molecule has 2 heteroatoms. The Balaban J connectivity index is 1.66. The van der Waals surface area contributed by atoms with Gasteiger partial charge >= 0.3 is 0 Å². The Morgan fingerprint density at radius 1 is 0.950 bits per heavy atom. The van der Waals surface area contributed by atoms with Gasteiger partial charge in [0.05, 0.1) is 0 Å². The van der Waals surface area contributed by atoms with Crippen molar-refractivity contribution < 1.29 is 9.47 Å². The first-order chi connectivity index (χ1) is 9.74. The summed E-state index contributed by atoms with van der Waals surface area (Å²) in [5.74, 6) is 1.62. The van der Waals surface area contributed by atoms with Crippen LogP contribution in [0, 0.1) is 0 Å². The Morgan fingerprint density at radius 3 is 2.55 bits per heavy atom. The Morgan fingerprint density at radius 2 is 1.70 bits per heavy atom. The van der Waals surface area contributed by atoms with Gasteiger partial charge in [0.2, 0.25) is 0 Å². The van der Waals surface area contributed by atoms with E-state index in [9.17, 15) is 0 Å². The summed E-state index contributed by atoms with van der Waals surface area (Å²) in [6.07, 6.45) is 1.81. The van der Waals surface area contributed by atoms with Gasteiger partial charge in [0.1, 0.15) is 11.4 Å². The van der Waals surface area contributed by atoms with E-state index in [1.807, 2.05) is 18.2 Å². The molecule has 2 aliphatic heterocycles. The molecule has 0 bridgehead atoms. The van der Waals surface area contributed by atoms with Crippen LogP contribution in [0.15, 0.2) is 66.1 Å². The molecular formula is C18H16O2. The SMILES string of the molecule is CC1(c2ccccc2)CC2=C(Oc3ccccc3C2)O1. The van der Waals surface area contributed by atoms with Gasteiger partial charge in [0, 0.05) is 18.4 Å². The van der Waals surface area contributed by atoms with E-state index < -0.39 is 0 Å². The number of fused-ring (bicyclic) bond motifs is 1. The third kappa shape index (κ3) is 1.72. The lowest BCUT2D eigenvalue weighted by molar-refractivity contribution is -0.00969. The molecule has 0 radical (unpaired) electrons. The van der Waals surface area contributed by atoms with Crippen molar-refractivity contribution in [3.8, 4) is 5.75 Å². The first kappa shape index (κ1) is 11.6. The molecule has 0 N–H and O–H groups in total. The zero-order valence-corrected chi connectivity index (χ0v) is 11.4. The molecule has 100 valence electrons. The van der Waals surface area contributed by atoms with Crippen molar-refractivity contribution in [1.82, 2.24) is 0 Å². The number of hydrogen-bond acceptors (Lipinski definition) is 2. The summed E-state index contributed by atoms with van der Waals surface area (Å²) in [4.78, 5) is 0. The van der Waals surface area contributed by atoms with E-state index >= 15 is 0 Å². The Hall–Kier alpha value is -2.22. The second kappa shape index (κ2) is 4.14. The molecule has 1 unspecified atom stereocenters. The van der Waals surface area contributed by atoms with Crippen molar-refractivity contribution in [3.63, 3.8) is 0 Å². The summed E-state index contributed by atoms with van der Waals surface area (Å²) in [6, 6.07) is 18.5. The van der Waals surface area contributed by atoms with Gasteiger partial charge in [-0.3, -0.25) is 0 Å². The zero-order chi connectivity index (χ0) is 13.6. The molecule has 2 aromatic rings. The van der Waals surface area contributed by atoms with Gasteiger partial charge in [0.25, 0.3) is 5.95 Å². The lowest BCUT2D eigenvalue weighted by Crippen LogP contribution is -2.21. The van der Waals surface area contributed by atoms with E-state index in [4.69, 9.17) is 9.47 Å². The summed E-state index contributed by atoms with van der Waals surface area (Å²) < 4.78 is 12.1. The van der Waals surface area contributed by atoms with Crippen LogP contribution in [-0.2, 0) is 16.8 Å². The van der Waals surface area contributed by atoms with Crippen molar-refractivity contribution >= 4 is 0 Å². The molecule has 0 aromatic heterocycles. The van der Waals surface area contributed by atoms with E-state index in [-0.39, 0.29) is 5.60 Å². The van der Waals surface area contributed by atoms with Gasteiger partial charge < -0.3 is 9.47 Å². The summed E-state index contributed by atoms with van der Waals surface area (Å²) >= 11 is 0. The van der Waals surface area contributed by atoms with Crippen LogP contribution in [0.2, 0.25) is 0 Å². The minimum atomic E-state index is -0.312. The minimum Gasteiger partial charge on any atom is -0.454 e. The third-order valence-corrected chi connectivity index (χ3v) is 4.12. The van der Waals surface area contributed by atoms with Crippen LogP contribution in [0.5, 0.6) is 5.75 Å². The van der Waals surface area contributed by atoms with E-state index in [0.29, 0.717) is 5.95 Å². The maximum Gasteiger partial charge on any atom is 0.285 e. The number of para-hydroxylation sites is 1. The van der Waals surface area contributed by atoms with Crippen molar-refractivity contribution in [1.29, 1.82) is 0 Å². The van der Waals surface area contributed by atoms with Gasteiger partial charge in [-0.15, -0.1) is 0 Å². The first-order valence-corrected chi connectivity index (χ1v) is 6.97. The van der Waals surface area contributed by atoms with Gasteiger partial charge in [-0.05, 0) is 24.1 Å². The van der Waals surface area contributed by atoms with Crippen LogP contribution >= 0.6 is 0 Å².